The zero-order valence-electron chi connectivity index (χ0n) is 5.74. The van der Waals surface area contributed by atoms with Crippen molar-refractivity contribution in [3.63, 3.8) is 0 Å². The number of carbonyl (C=O) groups excluding carboxylic acids is 1. The Hall–Kier alpha value is -1.25. The van der Waals surface area contributed by atoms with Crippen molar-refractivity contribution in [3.05, 3.63) is 23.8 Å². The van der Waals surface area contributed by atoms with E-state index in [9.17, 15) is 4.79 Å². The molecule has 1 rings (SSSR count). The molecule has 0 unspecified atom stereocenters. The molecule has 0 fully saturated rings. The first kappa shape index (κ1) is 6.86. The average Bonchev–Trinajstić information content (AvgIpc) is 2.05. The Morgan fingerprint density at radius 2 is 2.10 bits per heavy atom. The SMILES string of the molecule is CCc1ncc(C=O)cn1. The molecular formula is C7H8N2O. The highest BCUT2D eigenvalue weighted by atomic mass is 16.1. The van der Waals surface area contributed by atoms with Crippen LogP contribution in [0.1, 0.15) is 23.1 Å². The molecule has 0 radical (unpaired) electrons. The van der Waals surface area contributed by atoms with Gasteiger partial charge in [-0.15, -0.1) is 0 Å². The van der Waals surface area contributed by atoms with Crippen molar-refractivity contribution in [1.29, 1.82) is 0 Å². The van der Waals surface area contributed by atoms with Crippen molar-refractivity contribution < 1.29 is 4.79 Å². The third-order valence-electron chi connectivity index (χ3n) is 1.18. The Bertz CT molecular complexity index is 218. The zero-order chi connectivity index (χ0) is 7.40. The molecule has 0 N–H and O–H groups in total. The summed E-state index contributed by atoms with van der Waals surface area (Å²) in [5, 5.41) is 0. The highest BCUT2D eigenvalue weighted by Gasteiger charge is 1.91. The van der Waals surface area contributed by atoms with E-state index in [-0.39, 0.29) is 0 Å². The van der Waals surface area contributed by atoms with Crippen molar-refractivity contribution in [2.45, 2.75) is 13.3 Å². The standard InChI is InChI=1S/C7H8N2O/c1-2-7-8-3-6(5-10)4-9-7/h3-5H,2H2,1H3. The van der Waals surface area contributed by atoms with E-state index >= 15 is 0 Å². The van der Waals surface area contributed by atoms with Crippen LogP contribution in [0.15, 0.2) is 12.4 Å². The van der Waals surface area contributed by atoms with E-state index in [1.54, 1.807) is 0 Å². The van der Waals surface area contributed by atoms with Crippen LogP contribution in [0.2, 0.25) is 0 Å². The molecule has 0 aromatic carbocycles. The third kappa shape index (κ3) is 1.37. The van der Waals surface area contributed by atoms with Crippen LogP contribution in [0, 0.1) is 0 Å². The topological polar surface area (TPSA) is 42.9 Å². The van der Waals surface area contributed by atoms with Crippen LogP contribution in [0.4, 0.5) is 0 Å². The fourth-order valence-electron chi connectivity index (χ4n) is 0.608. The molecule has 0 aliphatic carbocycles. The van der Waals surface area contributed by atoms with Crippen molar-refractivity contribution in [2.24, 2.45) is 0 Å². The van der Waals surface area contributed by atoms with Crippen molar-refractivity contribution in [3.8, 4) is 0 Å². The number of rotatable bonds is 2. The predicted octanol–water partition coefficient (Wildman–Crippen LogP) is 0.851. The summed E-state index contributed by atoms with van der Waals surface area (Å²) in [4.78, 5) is 18.0. The summed E-state index contributed by atoms with van der Waals surface area (Å²) in [5.41, 5.74) is 0.525. The van der Waals surface area contributed by atoms with Crippen LogP contribution in [0.5, 0.6) is 0 Å². The lowest BCUT2D eigenvalue weighted by Gasteiger charge is -1.91. The van der Waals surface area contributed by atoms with Crippen LogP contribution >= 0.6 is 0 Å². The van der Waals surface area contributed by atoms with E-state index in [2.05, 4.69) is 9.97 Å². The van der Waals surface area contributed by atoms with Crippen LogP contribution in [-0.2, 0) is 6.42 Å². The van der Waals surface area contributed by atoms with Crippen molar-refractivity contribution >= 4 is 6.29 Å². The van der Waals surface area contributed by atoms with E-state index in [1.165, 1.54) is 12.4 Å². The van der Waals surface area contributed by atoms with Crippen LogP contribution in [-0.4, -0.2) is 16.3 Å². The van der Waals surface area contributed by atoms with E-state index < -0.39 is 0 Å². The van der Waals surface area contributed by atoms with Crippen LogP contribution in [0.25, 0.3) is 0 Å². The first-order chi connectivity index (χ1) is 4.86. The Morgan fingerprint density at radius 3 is 2.50 bits per heavy atom. The molecule has 1 aromatic rings. The van der Waals surface area contributed by atoms with Gasteiger partial charge in [0.05, 0.1) is 5.56 Å². The molecule has 0 amide bonds. The summed E-state index contributed by atoms with van der Waals surface area (Å²) in [6.45, 7) is 1.97. The minimum absolute atomic E-state index is 0.525. The molecule has 0 atom stereocenters. The van der Waals surface area contributed by atoms with Gasteiger partial charge in [-0.3, -0.25) is 4.79 Å². The molecule has 10 heavy (non-hydrogen) atoms. The molecule has 0 saturated carbocycles. The maximum Gasteiger partial charge on any atom is 0.153 e. The predicted molar refractivity (Wildman–Crippen MR) is 36.8 cm³/mol. The van der Waals surface area contributed by atoms with Gasteiger partial charge in [-0.2, -0.15) is 0 Å². The van der Waals surface area contributed by atoms with E-state index in [1.807, 2.05) is 6.92 Å². The quantitative estimate of drug-likeness (QED) is 0.566. The summed E-state index contributed by atoms with van der Waals surface area (Å²) in [7, 11) is 0. The van der Waals surface area contributed by atoms with Gasteiger partial charge in [0.25, 0.3) is 0 Å². The van der Waals surface area contributed by atoms with Crippen molar-refractivity contribution in [1.82, 2.24) is 9.97 Å². The second-order valence-corrected chi connectivity index (χ2v) is 1.90. The highest BCUT2D eigenvalue weighted by molar-refractivity contribution is 5.73. The Morgan fingerprint density at radius 1 is 1.50 bits per heavy atom. The number of aldehydes is 1. The van der Waals surface area contributed by atoms with Gasteiger partial charge in [0.1, 0.15) is 5.82 Å². The largest absolute Gasteiger partial charge is 0.298 e. The lowest BCUT2D eigenvalue weighted by molar-refractivity contribution is 0.112. The zero-order valence-corrected chi connectivity index (χ0v) is 5.74. The van der Waals surface area contributed by atoms with Gasteiger partial charge in [-0.25, -0.2) is 9.97 Å². The molecule has 3 heteroatoms. The molecule has 1 heterocycles. The summed E-state index contributed by atoms with van der Waals surface area (Å²) in [6, 6.07) is 0. The van der Waals surface area contributed by atoms with Gasteiger partial charge in [-0.05, 0) is 0 Å². The monoisotopic (exact) mass is 136 g/mol. The normalized spacial score (nSPS) is 9.30. The molecule has 0 saturated heterocycles. The number of hydrogen-bond acceptors (Lipinski definition) is 3. The Balaban J connectivity index is 2.90. The number of carbonyl (C=O) groups is 1. The molecule has 1 aromatic heterocycles. The van der Waals surface area contributed by atoms with Gasteiger partial charge < -0.3 is 0 Å². The third-order valence-corrected chi connectivity index (χ3v) is 1.18. The second-order valence-electron chi connectivity index (χ2n) is 1.90. The Kier molecular flexibility index (Phi) is 2.10. The van der Waals surface area contributed by atoms with E-state index in [0.29, 0.717) is 5.56 Å². The summed E-state index contributed by atoms with van der Waals surface area (Å²) >= 11 is 0. The van der Waals surface area contributed by atoms with Gasteiger partial charge in [0, 0.05) is 18.8 Å². The first-order valence-corrected chi connectivity index (χ1v) is 3.13. The average molecular weight is 136 g/mol. The molecule has 0 aliphatic rings. The van der Waals surface area contributed by atoms with Crippen LogP contribution < -0.4 is 0 Å². The smallest absolute Gasteiger partial charge is 0.153 e. The lowest BCUT2D eigenvalue weighted by Crippen LogP contribution is -1.92. The van der Waals surface area contributed by atoms with E-state index in [4.69, 9.17) is 0 Å². The lowest BCUT2D eigenvalue weighted by atomic mass is 10.3. The van der Waals surface area contributed by atoms with E-state index in [0.717, 1.165) is 18.5 Å². The minimum Gasteiger partial charge on any atom is -0.298 e. The molecule has 3 nitrogen and oxygen atoms in total. The number of aryl methyl sites for hydroxylation is 1. The molecule has 52 valence electrons. The maximum atomic E-state index is 10.1. The fourth-order valence-corrected chi connectivity index (χ4v) is 0.608. The highest BCUT2D eigenvalue weighted by Crippen LogP contribution is 1.92. The minimum atomic E-state index is 0.525. The summed E-state index contributed by atoms with van der Waals surface area (Å²) < 4.78 is 0. The Labute approximate surface area is 59.1 Å². The fraction of sp³-hybridized carbons (Fsp3) is 0.286. The van der Waals surface area contributed by atoms with Crippen LogP contribution in [0.3, 0.4) is 0 Å². The van der Waals surface area contributed by atoms with Gasteiger partial charge in [0.15, 0.2) is 6.29 Å². The second kappa shape index (κ2) is 3.06. The molecular weight excluding hydrogens is 128 g/mol. The van der Waals surface area contributed by atoms with Gasteiger partial charge in [-0.1, -0.05) is 6.92 Å². The molecule has 0 spiro atoms. The first-order valence-electron chi connectivity index (χ1n) is 3.13. The number of hydrogen-bond donors (Lipinski definition) is 0. The van der Waals surface area contributed by atoms with Gasteiger partial charge >= 0.3 is 0 Å². The summed E-state index contributed by atoms with van der Waals surface area (Å²) in [5.74, 6) is 0.769. The van der Waals surface area contributed by atoms with Gasteiger partial charge in [0.2, 0.25) is 0 Å². The molecule has 0 bridgehead atoms. The molecule has 0 aliphatic heterocycles. The summed E-state index contributed by atoms with van der Waals surface area (Å²) in [6.07, 6.45) is 4.59. The van der Waals surface area contributed by atoms with Crippen molar-refractivity contribution in [2.75, 3.05) is 0 Å². The number of nitrogens with zero attached hydrogens (tertiary/aromatic N) is 2. The maximum absolute atomic E-state index is 10.1. The number of aromatic nitrogens is 2.